The van der Waals surface area contributed by atoms with E-state index in [9.17, 15) is 8.42 Å². The first-order chi connectivity index (χ1) is 4.04. The third-order valence-corrected chi connectivity index (χ3v) is 3.16. The fourth-order valence-corrected chi connectivity index (χ4v) is 1.36. The lowest BCUT2D eigenvalue weighted by Gasteiger charge is -2.10. The smallest absolute Gasteiger partial charge is 0.212 e. The molecule has 3 nitrogen and oxygen atoms in total. The Morgan fingerprint density at radius 2 is 2.00 bits per heavy atom. The number of rotatable bonds is 2. The summed E-state index contributed by atoms with van der Waals surface area (Å²) >= 11 is 2.02. The summed E-state index contributed by atoms with van der Waals surface area (Å²) in [5.41, 5.74) is 0. The number of alkyl halides is 1. The largest absolute Gasteiger partial charge is 0.294 e. The van der Waals surface area contributed by atoms with Crippen molar-refractivity contribution in [2.24, 2.45) is 0 Å². The topological polar surface area (TPSA) is 37.4 Å². The van der Waals surface area contributed by atoms with E-state index in [0.29, 0.717) is 0 Å². The van der Waals surface area contributed by atoms with Gasteiger partial charge in [0.1, 0.15) is 0 Å². The van der Waals surface area contributed by atoms with Crippen LogP contribution in [-0.4, -0.2) is 36.8 Å². The third-order valence-electron chi connectivity index (χ3n) is 0.717. The molecule has 1 atom stereocenters. The van der Waals surface area contributed by atoms with E-state index < -0.39 is 10.3 Å². The molecular formula is C4H8INO2S. The first-order valence-corrected chi connectivity index (χ1v) is 4.66. The molecule has 0 fully saturated rings. The lowest BCUT2D eigenvalue weighted by atomic mass is 10.7. The zero-order chi connectivity index (χ0) is 7.44. The predicted molar refractivity (Wildman–Crippen MR) is 46.5 cm³/mol. The van der Waals surface area contributed by atoms with Crippen LogP contribution in [0.3, 0.4) is 0 Å². The zero-order valence-electron chi connectivity index (χ0n) is 5.20. The predicted octanol–water partition coefficient (Wildman–Crippen LogP) is -0.00960. The van der Waals surface area contributed by atoms with Gasteiger partial charge < -0.3 is 0 Å². The first-order valence-electron chi connectivity index (χ1n) is 2.27. The minimum Gasteiger partial charge on any atom is -0.294 e. The standard InChI is InChI=1S/C4H8INO2S/c1-6(2)4(5)3-9(7)8/h3-4H,1-2H3. The molecule has 0 saturated heterocycles. The quantitative estimate of drug-likeness (QED) is 0.304. The van der Waals surface area contributed by atoms with Crippen LogP contribution in [0.25, 0.3) is 0 Å². The molecule has 9 heavy (non-hydrogen) atoms. The average molecular weight is 261 g/mol. The van der Waals surface area contributed by atoms with E-state index in [1.54, 1.807) is 4.90 Å². The van der Waals surface area contributed by atoms with Crippen LogP contribution >= 0.6 is 22.6 Å². The van der Waals surface area contributed by atoms with Crippen molar-refractivity contribution in [1.82, 2.24) is 4.90 Å². The van der Waals surface area contributed by atoms with Gasteiger partial charge in [0.05, 0.1) is 9.42 Å². The number of hydrogen-bond acceptors (Lipinski definition) is 3. The van der Waals surface area contributed by atoms with Crippen molar-refractivity contribution >= 4 is 38.3 Å². The summed E-state index contributed by atoms with van der Waals surface area (Å²) in [6.07, 6.45) is 0. The first kappa shape index (κ1) is 9.38. The van der Waals surface area contributed by atoms with Gasteiger partial charge in [-0.15, -0.1) is 0 Å². The summed E-state index contributed by atoms with van der Waals surface area (Å²) in [7, 11) is 1.60. The summed E-state index contributed by atoms with van der Waals surface area (Å²) in [5.74, 6) is 0. The van der Waals surface area contributed by atoms with Crippen LogP contribution in [0.2, 0.25) is 0 Å². The fourth-order valence-electron chi connectivity index (χ4n) is 0.213. The third kappa shape index (κ3) is 4.86. The molecule has 0 heterocycles. The van der Waals surface area contributed by atoms with Crippen LogP contribution in [0.1, 0.15) is 0 Å². The van der Waals surface area contributed by atoms with Crippen LogP contribution in [0.15, 0.2) is 0 Å². The minimum absolute atomic E-state index is 0.0408. The van der Waals surface area contributed by atoms with E-state index in [-0.39, 0.29) is 4.05 Å². The summed E-state index contributed by atoms with van der Waals surface area (Å²) in [6.45, 7) is 0. The molecule has 0 aromatic heterocycles. The Hall–Kier alpha value is 0.380. The molecule has 0 aliphatic rings. The van der Waals surface area contributed by atoms with Crippen molar-refractivity contribution in [2.45, 2.75) is 4.05 Å². The molecule has 0 amide bonds. The van der Waals surface area contributed by atoms with Crippen LogP contribution in [-0.2, 0) is 10.3 Å². The Balaban J connectivity index is 4.08. The Labute approximate surface area is 69.7 Å². The minimum atomic E-state index is -2.04. The summed E-state index contributed by atoms with van der Waals surface area (Å²) < 4.78 is 20.0. The van der Waals surface area contributed by atoms with Crippen LogP contribution < -0.4 is 0 Å². The fraction of sp³-hybridized carbons (Fsp3) is 0.750. The molecule has 0 aliphatic carbocycles. The van der Waals surface area contributed by atoms with Crippen molar-refractivity contribution in [3.63, 3.8) is 0 Å². The van der Waals surface area contributed by atoms with Gasteiger partial charge in [0.2, 0.25) is 10.3 Å². The van der Waals surface area contributed by atoms with Gasteiger partial charge in [-0.25, -0.2) is 0 Å². The lowest BCUT2D eigenvalue weighted by Crippen LogP contribution is -2.22. The highest BCUT2D eigenvalue weighted by atomic mass is 127. The molecule has 0 saturated carbocycles. The molecule has 0 aromatic carbocycles. The lowest BCUT2D eigenvalue weighted by molar-refractivity contribution is 0.460. The normalized spacial score (nSPS) is 13.3. The van der Waals surface area contributed by atoms with Crippen molar-refractivity contribution in [2.75, 3.05) is 14.1 Å². The molecule has 0 spiro atoms. The van der Waals surface area contributed by atoms with E-state index >= 15 is 0 Å². The monoisotopic (exact) mass is 261 g/mol. The maximum absolute atomic E-state index is 10.0. The Morgan fingerprint density at radius 3 is 2.11 bits per heavy atom. The molecule has 0 radical (unpaired) electrons. The SMILES string of the molecule is CN(C)C(I)C=S(=O)=O. The van der Waals surface area contributed by atoms with E-state index in [4.69, 9.17) is 0 Å². The Bertz CT molecular complexity index is 189. The van der Waals surface area contributed by atoms with Gasteiger partial charge >= 0.3 is 0 Å². The molecule has 0 rings (SSSR count). The molecule has 0 aliphatic heterocycles. The zero-order valence-corrected chi connectivity index (χ0v) is 8.18. The highest BCUT2D eigenvalue weighted by molar-refractivity contribution is 14.1. The van der Waals surface area contributed by atoms with Gasteiger partial charge in [0, 0.05) is 0 Å². The molecule has 54 valence electrons. The maximum Gasteiger partial charge on any atom is 0.212 e. The second-order valence-corrected chi connectivity index (χ2v) is 3.80. The van der Waals surface area contributed by atoms with Crippen LogP contribution in [0.5, 0.6) is 0 Å². The average Bonchev–Trinajstić information content (AvgIpc) is 1.63. The van der Waals surface area contributed by atoms with Crippen molar-refractivity contribution < 1.29 is 8.42 Å². The van der Waals surface area contributed by atoms with Gasteiger partial charge in [0.25, 0.3) is 0 Å². The highest BCUT2D eigenvalue weighted by Gasteiger charge is 2.00. The second kappa shape index (κ2) is 4.24. The van der Waals surface area contributed by atoms with Crippen molar-refractivity contribution in [3.05, 3.63) is 0 Å². The Morgan fingerprint density at radius 1 is 1.56 bits per heavy atom. The molecule has 5 heteroatoms. The number of nitrogens with zero attached hydrogens (tertiary/aromatic N) is 1. The highest BCUT2D eigenvalue weighted by Crippen LogP contribution is 1.97. The molecule has 0 bridgehead atoms. The van der Waals surface area contributed by atoms with Crippen LogP contribution in [0, 0.1) is 0 Å². The summed E-state index contributed by atoms with van der Waals surface area (Å²) in [4.78, 5) is 1.80. The van der Waals surface area contributed by atoms with Gasteiger partial charge in [-0.1, -0.05) is 22.6 Å². The van der Waals surface area contributed by atoms with Gasteiger partial charge in [-0.2, -0.15) is 8.42 Å². The molecule has 1 unspecified atom stereocenters. The molecular weight excluding hydrogens is 253 g/mol. The Kier molecular flexibility index (Phi) is 4.41. The number of halogens is 1. The summed E-state index contributed by atoms with van der Waals surface area (Å²) in [5, 5.41) is 1.24. The van der Waals surface area contributed by atoms with Crippen LogP contribution in [0.4, 0.5) is 0 Å². The van der Waals surface area contributed by atoms with Gasteiger partial charge in [-0.05, 0) is 14.1 Å². The van der Waals surface area contributed by atoms with E-state index in [2.05, 4.69) is 0 Å². The van der Waals surface area contributed by atoms with E-state index in [0.717, 1.165) is 0 Å². The van der Waals surface area contributed by atoms with Crippen molar-refractivity contribution in [3.8, 4) is 0 Å². The maximum atomic E-state index is 10.0. The summed E-state index contributed by atoms with van der Waals surface area (Å²) in [6, 6.07) is 0. The molecule has 0 aromatic rings. The molecule has 0 N–H and O–H groups in total. The number of hydrogen-bond donors (Lipinski definition) is 0. The van der Waals surface area contributed by atoms with Gasteiger partial charge in [-0.3, -0.25) is 4.90 Å². The van der Waals surface area contributed by atoms with E-state index in [1.807, 2.05) is 36.7 Å². The van der Waals surface area contributed by atoms with E-state index in [1.165, 1.54) is 5.37 Å². The second-order valence-electron chi connectivity index (χ2n) is 1.73. The van der Waals surface area contributed by atoms with Gasteiger partial charge in [0.15, 0.2) is 0 Å². The van der Waals surface area contributed by atoms with Crippen molar-refractivity contribution in [1.29, 1.82) is 0 Å².